The third kappa shape index (κ3) is 3.65. The molecule has 4 aliphatic carbocycles. The van der Waals surface area contributed by atoms with E-state index in [-0.39, 0.29) is 29.0 Å². The van der Waals surface area contributed by atoms with Crippen LogP contribution in [0.2, 0.25) is 0 Å². The lowest BCUT2D eigenvalue weighted by Gasteiger charge is -2.60. The first-order valence-electron chi connectivity index (χ1n) is 12.9. The molecule has 0 aromatic rings. The molecule has 7 atom stereocenters. The minimum absolute atomic E-state index is 0.0206. The van der Waals surface area contributed by atoms with Crippen LogP contribution in [0.25, 0.3) is 0 Å². The monoisotopic (exact) mass is 483 g/mol. The minimum atomic E-state index is -1.64. The molecule has 0 amide bonds. The number of nitrogens with zero attached hydrogens (tertiary/aromatic N) is 1. The number of carbonyl (C=O) groups excluding carboxylic acids is 3. The van der Waals surface area contributed by atoms with Gasteiger partial charge in [0.2, 0.25) is 5.78 Å². The number of carbonyl (C=O) groups is 3. The number of Topliss-reactive ketones (excluding diaryl/α,β-unsaturated/α-hetero) is 1. The number of ether oxygens (including phenoxy) is 1. The van der Waals surface area contributed by atoms with Crippen LogP contribution in [0.5, 0.6) is 0 Å². The molecular weight excluding hydrogens is 446 g/mol. The summed E-state index contributed by atoms with van der Waals surface area (Å²) in [5, 5.41) is 23.3. The Morgan fingerprint density at radius 1 is 1.20 bits per heavy atom. The van der Waals surface area contributed by atoms with Gasteiger partial charge >= 0.3 is 5.97 Å². The number of hydrogen-bond acceptors (Lipinski definition) is 7. The smallest absolute Gasteiger partial charge is 0.336 e. The maximum atomic E-state index is 13.4. The Kier molecular flexibility index (Phi) is 5.87. The molecule has 0 bridgehead atoms. The van der Waals surface area contributed by atoms with Crippen LogP contribution >= 0.6 is 0 Å². The van der Waals surface area contributed by atoms with Gasteiger partial charge in [0, 0.05) is 31.5 Å². The maximum absolute atomic E-state index is 13.4. The molecule has 0 aromatic carbocycles. The molecule has 1 unspecified atom stereocenters. The van der Waals surface area contributed by atoms with Crippen molar-refractivity contribution < 1.29 is 29.3 Å². The van der Waals surface area contributed by atoms with E-state index in [9.17, 15) is 24.6 Å². The van der Waals surface area contributed by atoms with E-state index < -0.39 is 35.5 Å². The molecule has 0 aromatic heterocycles. The summed E-state index contributed by atoms with van der Waals surface area (Å²) >= 11 is 0. The van der Waals surface area contributed by atoms with Crippen LogP contribution in [0.1, 0.15) is 65.2 Å². The molecule has 0 saturated heterocycles. The lowest BCUT2D eigenvalue weighted by molar-refractivity contribution is -0.184. The van der Waals surface area contributed by atoms with Crippen molar-refractivity contribution in [3.8, 4) is 0 Å². The number of ketones is 2. The van der Waals surface area contributed by atoms with Crippen molar-refractivity contribution in [2.24, 2.45) is 28.6 Å². The fourth-order valence-electron chi connectivity index (χ4n) is 8.32. The molecule has 3 fully saturated rings. The van der Waals surface area contributed by atoms with Crippen LogP contribution < -0.4 is 0 Å². The van der Waals surface area contributed by atoms with E-state index in [2.05, 4.69) is 6.92 Å². The number of esters is 1. The molecular formula is C28H37NO6. The van der Waals surface area contributed by atoms with Crippen LogP contribution in [0.3, 0.4) is 0 Å². The van der Waals surface area contributed by atoms with E-state index in [1.54, 1.807) is 17.2 Å². The van der Waals surface area contributed by atoms with Crippen LogP contribution in [-0.4, -0.2) is 58.0 Å². The van der Waals surface area contributed by atoms with Crippen LogP contribution in [0.15, 0.2) is 35.7 Å². The summed E-state index contributed by atoms with van der Waals surface area (Å²) in [6, 6.07) is 0. The van der Waals surface area contributed by atoms with E-state index in [1.807, 2.05) is 26.2 Å². The number of aliphatic hydroxyl groups excluding tert-OH is 1. The van der Waals surface area contributed by atoms with Gasteiger partial charge < -0.3 is 19.8 Å². The summed E-state index contributed by atoms with van der Waals surface area (Å²) < 4.78 is 5.34. The van der Waals surface area contributed by atoms with Gasteiger partial charge in [0.05, 0.1) is 11.7 Å². The Bertz CT molecular complexity index is 1040. The highest BCUT2D eigenvalue weighted by Gasteiger charge is 2.68. The molecule has 5 rings (SSSR count). The van der Waals surface area contributed by atoms with Crippen molar-refractivity contribution in [1.29, 1.82) is 0 Å². The SMILES string of the molecule is CN1C=CCC(C(=O)OCC(=O)[C@@]2(O)CC[C@H]3[C@@H]4CCC5=CC(=O)CC[C@]5(C)[C@H]4C(O)C[C@@]32C)=C1. The van der Waals surface area contributed by atoms with Gasteiger partial charge in [-0.3, -0.25) is 9.59 Å². The summed E-state index contributed by atoms with van der Waals surface area (Å²) in [7, 11) is 1.81. The van der Waals surface area contributed by atoms with Gasteiger partial charge in [-0.05, 0) is 74.0 Å². The fourth-order valence-corrected chi connectivity index (χ4v) is 8.32. The Balaban J connectivity index is 1.34. The van der Waals surface area contributed by atoms with E-state index in [4.69, 9.17) is 4.74 Å². The first-order chi connectivity index (χ1) is 16.5. The highest BCUT2D eigenvalue weighted by atomic mass is 16.5. The van der Waals surface area contributed by atoms with Gasteiger partial charge in [-0.1, -0.05) is 25.5 Å². The second-order valence-corrected chi connectivity index (χ2v) is 11.9. The third-order valence-electron chi connectivity index (χ3n) is 10.1. The van der Waals surface area contributed by atoms with Crippen molar-refractivity contribution in [3.05, 3.63) is 35.7 Å². The average molecular weight is 484 g/mol. The number of aliphatic hydroxyl groups is 2. The van der Waals surface area contributed by atoms with Gasteiger partial charge in [0.1, 0.15) is 5.60 Å². The Morgan fingerprint density at radius 2 is 1.97 bits per heavy atom. The van der Waals surface area contributed by atoms with Gasteiger partial charge in [-0.15, -0.1) is 0 Å². The second-order valence-electron chi connectivity index (χ2n) is 11.9. The number of allylic oxidation sites excluding steroid dienone is 2. The largest absolute Gasteiger partial charge is 0.454 e. The second kappa shape index (κ2) is 8.41. The summed E-state index contributed by atoms with van der Waals surface area (Å²) in [6.07, 6.45) is 11.2. The van der Waals surface area contributed by atoms with Gasteiger partial charge in [0.25, 0.3) is 0 Å². The van der Waals surface area contributed by atoms with Crippen LogP contribution in [0, 0.1) is 28.6 Å². The lowest BCUT2D eigenvalue weighted by Crippen LogP contribution is -2.62. The molecule has 0 radical (unpaired) electrons. The van der Waals surface area contributed by atoms with Crippen molar-refractivity contribution >= 4 is 17.5 Å². The van der Waals surface area contributed by atoms with Crippen LogP contribution in [-0.2, 0) is 19.1 Å². The van der Waals surface area contributed by atoms with Crippen LogP contribution in [0.4, 0.5) is 0 Å². The summed E-state index contributed by atoms with van der Waals surface area (Å²) in [6.45, 7) is 3.65. The van der Waals surface area contributed by atoms with E-state index in [0.29, 0.717) is 37.7 Å². The molecule has 1 heterocycles. The molecule has 1 aliphatic heterocycles. The number of hydrogen-bond donors (Lipinski definition) is 2. The van der Waals surface area contributed by atoms with Gasteiger partial charge in [-0.2, -0.15) is 0 Å². The van der Waals surface area contributed by atoms with Crippen molar-refractivity contribution in [2.75, 3.05) is 13.7 Å². The Labute approximate surface area is 206 Å². The standard InChI is InChI=1S/C28H37NO6/c1-26-10-8-19(30)13-18(26)6-7-20-21-9-11-28(34,27(21,2)14-22(31)24(20)26)23(32)16-35-25(33)17-5-4-12-29(3)15-17/h4,12-13,15,20-22,24,31,34H,5-11,14,16H2,1-3H3/t20-,21-,22?,24+,26-,27-,28-/m0/s1. The van der Waals surface area contributed by atoms with E-state index in [0.717, 1.165) is 24.8 Å². The summed E-state index contributed by atoms with van der Waals surface area (Å²) in [5.41, 5.74) is -1.02. The third-order valence-corrected chi connectivity index (χ3v) is 10.1. The Hall–Kier alpha value is -2.25. The molecule has 35 heavy (non-hydrogen) atoms. The van der Waals surface area contributed by atoms with Crippen molar-refractivity contribution in [2.45, 2.75) is 76.9 Å². The quantitative estimate of drug-likeness (QED) is 0.592. The molecule has 3 saturated carbocycles. The fraction of sp³-hybridized carbons (Fsp3) is 0.679. The normalized spacial score (nSPS) is 42.4. The zero-order chi connectivity index (χ0) is 25.2. The van der Waals surface area contributed by atoms with Gasteiger partial charge in [0.15, 0.2) is 12.4 Å². The van der Waals surface area contributed by atoms with E-state index in [1.165, 1.54) is 0 Å². The number of fused-ring (bicyclic) bond motifs is 5. The van der Waals surface area contributed by atoms with Crippen molar-refractivity contribution in [3.63, 3.8) is 0 Å². The highest BCUT2D eigenvalue weighted by Crippen LogP contribution is 2.67. The maximum Gasteiger partial charge on any atom is 0.336 e. The van der Waals surface area contributed by atoms with E-state index >= 15 is 0 Å². The molecule has 2 N–H and O–H groups in total. The predicted octanol–water partition coefficient (Wildman–Crippen LogP) is 3.07. The number of rotatable bonds is 4. The minimum Gasteiger partial charge on any atom is -0.454 e. The zero-order valence-electron chi connectivity index (χ0n) is 21.0. The van der Waals surface area contributed by atoms with Gasteiger partial charge in [-0.25, -0.2) is 4.79 Å². The summed E-state index contributed by atoms with van der Waals surface area (Å²) in [5.74, 6) is -0.560. The molecule has 7 heteroatoms. The first kappa shape index (κ1) is 24.4. The predicted molar refractivity (Wildman–Crippen MR) is 129 cm³/mol. The topological polar surface area (TPSA) is 104 Å². The highest BCUT2D eigenvalue weighted by molar-refractivity contribution is 5.94. The first-order valence-corrected chi connectivity index (χ1v) is 12.9. The lowest BCUT2D eigenvalue weighted by atomic mass is 9.45. The summed E-state index contributed by atoms with van der Waals surface area (Å²) in [4.78, 5) is 39.7. The molecule has 0 spiro atoms. The average Bonchev–Trinajstić information content (AvgIpc) is 3.08. The zero-order valence-corrected chi connectivity index (χ0v) is 21.0. The Morgan fingerprint density at radius 3 is 2.71 bits per heavy atom. The molecule has 7 nitrogen and oxygen atoms in total. The molecule has 5 aliphatic rings. The molecule has 190 valence electrons. The van der Waals surface area contributed by atoms with Crippen molar-refractivity contribution in [1.82, 2.24) is 4.90 Å².